The first-order valence-corrected chi connectivity index (χ1v) is 6.14. The minimum atomic E-state index is -0.00792. The van der Waals surface area contributed by atoms with Crippen molar-refractivity contribution >= 4 is 5.78 Å². The van der Waals surface area contributed by atoms with Crippen LogP contribution >= 0.6 is 0 Å². The number of rotatable bonds is 2. The second-order valence-corrected chi connectivity index (χ2v) is 6.00. The van der Waals surface area contributed by atoms with Gasteiger partial charge >= 0.3 is 0 Å². The molecule has 2 aliphatic rings. The van der Waals surface area contributed by atoms with Crippen LogP contribution in [0.3, 0.4) is 0 Å². The van der Waals surface area contributed by atoms with Gasteiger partial charge in [-0.3, -0.25) is 4.79 Å². The van der Waals surface area contributed by atoms with Crippen molar-refractivity contribution in [3.8, 4) is 0 Å². The number of carbonyl (C=O) groups is 1. The van der Waals surface area contributed by atoms with Crippen LogP contribution in [0, 0.1) is 16.7 Å². The van der Waals surface area contributed by atoms with E-state index in [1.54, 1.807) is 0 Å². The molecular weight excluding hydrogens is 184 g/mol. The molecule has 2 bridgehead atoms. The normalized spacial score (nSPS) is 38.1. The van der Waals surface area contributed by atoms with Gasteiger partial charge in [0.15, 0.2) is 0 Å². The molecule has 2 atom stereocenters. The molecule has 2 aliphatic carbocycles. The lowest BCUT2D eigenvalue weighted by Gasteiger charge is -2.43. The zero-order valence-electron chi connectivity index (χ0n) is 10.2. The fourth-order valence-corrected chi connectivity index (χ4v) is 3.55. The van der Waals surface area contributed by atoms with Crippen LogP contribution in [0.25, 0.3) is 0 Å². The predicted octanol–water partition coefficient (Wildman–Crippen LogP) is 3.74. The summed E-state index contributed by atoms with van der Waals surface area (Å²) >= 11 is 0. The summed E-state index contributed by atoms with van der Waals surface area (Å²) in [6, 6.07) is 0. The van der Waals surface area contributed by atoms with E-state index >= 15 is 0 Å². The second kappa shape index (κ2) is 3.20. The Balaban J connectivity index is 2.30. The molecule has 0 radical (unpaired) electrons. The van der Waals surface area contributed by atoms with E-state index < -0.39 is 0 Å². The molecule has 2 rings (SSSR count). The lowest BCUT2D eigenvalue weighted by Crippen LogP contribution is -2.38. The highest BCUT2D eigenvalue weighted by Gasteiger charge is 2.53. The summed E-state index contributed by atoms with van der Waals surface area (Å²) in [5.41, 5.74) is 1.55. The molecule has 0 spiro atoms. The molecule has 2 fully saturated rings. The van der Waals surface area contributed by atoms with Crippen molar-refractivity contribution in [1.29, 1.82) is 0 Å². The first-order valence-electron chi connectivity index (χ1n) is 6.14. The predicted molar refractivity (Wildman–Crippen MR) is 62.6 cm³/mol. The molecule has 2 saturated carbocycles. The van der Waals surface area contributed by atoms with E-state index in [9.17, 15) is 4.79 Å². The Labute approximate surface area is 92.9 Å². The molecule has 1 heteroatoms. The second-order valence-electron chi connectivity index (χ2n) is 6.00. The summed E-state index contributed by atoms with van der Waals surface area (Å²) in [5.74, 6) is 1.16. The molecule has 15 heavy (non-hydrogen) atoms. The first-order chi connectivity index (χ1) is 6.92. The standard InChI is InChI=1S/C14H22O/c1-5-12(15)14-7-6-11(9-14)13(3,4)10(2)8-14/h11H,2,5-9H2,1,3-4H3. The van der Waals surface area contributed by atoms with E-state index in [0.29, 0.717) is 18.1 Å². The smallest absolute Gasteiger partial charge is 0.139 e. The number of hydrogen-bond donors (Lipinski definition) is 0. The van der Waals surface area contributed by atoms with Crippen molar-refractivity contribution in [2.24, 2.45) is 16.7 Å². The molecular formula is C14H22O. The average Bonchev–Trinajstić information content (AvgIpc) is 2.58. The van der Waals surface area contributed by atoms with Gasteiger partial charge in [0.05, 0.1) is 0 Å². The van der Waals surface area contributed by atoms with E-state index in [2.05, 4.69) is 20.4 Å². The Kier molecular flexibility index (Phi) is 2.33. The van der Waals surface area contributed by atoms with Crippen LogP contribution in [0.4, 0.5) is 0 Å². The molecule has 84 valence electrons. The number of ketones is 1. The monoisotopic (exact) mass is 206 g/mol. The highest BCUT2D eigenvalue weighted by atomic mass is 16.1. The SMILES string of the molecule is C=C1CC2(C(=O)CC)CCC(C2)C1(C)C. The maximum absolute atomic E-state index is 12.1. The van der Waals surface area contributed by atoms with E-state index in [0.717, 1.165) is 19.3 Å². The third-order valence-electron chi connectivity index (χ3n) is 5.00. The molecule has 0 aliphatic heterocycles. The molecule has 0 N–H and O–H groups in total. The Hall–Kier alpha value is -0.590. The van der Waals surface area contributed by atoms with Crippen molar-refractivity contribution in [1.82, 2.24) is 0 Å². The van der Waals surface area contributed by atoms with E-state index in [-0.39, 0.29) is 10.8 Å². The minimum Gasteiger partial charge on any atom is -0.299 e. The van der Waals surface area contributed by atoms with Gasteiger partial charge in [-0.15, -0.1) is 0 Å². The van der Waals surface area contributed by atoms with Crippen molar-refractivity contribution < 1.29 is 4.79 Å². The molecule has 0 saturated heterocycles. The van der Waals surface area contributed by atoms with E-state index in [1.807, 2.05) is 6.92 Å². The molecule has 0 aromatic rings. The lowest BCUT2D eigenvalue weighted by atomic mass is 9.61. The molecule has 2 unspecified atom stereocenters. The summed E-state index contributed by atoms with van der Waals surface area (Å²) < 4.78 is 0. The van der Waals surface area contributed by atoms with Crippen LogP contribution in [0.5, 0.6) is 0 Å². The van der Waals surface area contributed by atoms with E-state index in [4.69, 9.17) is 0 Å². The Morgan fingerprint density at radius 2 is 2.20 bits per heavy atom. The summed E-state index contributed by atoms with van der Waals surface area (Å²) in [7, 11) is 0. The Bertz CT molecular complexity index is 313. The highest BCUT2D eigenvalue weighted by molar-refractivity contribution is 5.85. The van der Waals surface area contributed by atoms with Gasteiger partial charge in [0.1, 0.15) is 5.78 Å². The number of allylic oxidation sites excluding steroid dienone is 1. The topological polar surface area (TPSA) is 17.1 Å². The molecule has 1 nitrogen and oxygen atoms in total. The zero-order chi connectivity index (χ0) is 11.3. The third kappa shape index (κ3) is 1.39. The van der Waals surface area contributed by atoms with Crippen LogP contribution in [-0.2, 0) is 4.79 Å². The molecule has 0 heterocycles. The maximum atomic E-state index is 12.1. The van der Waals surface area contributed by atoms with Crippen molar-refractivity contribution in [2.75, 3.05) is 0 Å². The molecule has 0 aromatic carbocycles. The van der Waals surface area contributed by atoms with Gasteiger partial charge in [-0.2, -0.15) is 0 Å². The fourth-order valence-electron chi connectivity index (χ4n) is 3.55. The number of hydrogen-bond acceptors (Lipinski definition) is 1. The Morgan fingerprint density at radius 1 is 1.53 bits per heavy atom. The van der Waals surface area contributed by atoms with Gasteiger partial charge in [-0.1, -0.05) is 32.9 Å². The Morgan fingerprint density at radius 3 is 2.80 bits per heavy atom. The van der Waals surface area contributed by atoms with Crippen molar-refractivity contribution in [2.45, 2.75) is 52.9 Å². The fraction of sp³-hybridized carbons (Fsp3) is 0.786. The van der Waals surface area contributed by atoms with Crippen LogP contribution in [0.15, 0.2) is 12.2 Å². The lowest BCUT2D eigenvalue weighted by molar-refractivity contribution is -0.129. The number of Topliss-reactive ketones (excluding diaryl/α,β-unsaturated/α-hetero) is 1. The summed E-state index contributed by atoms with van der Waals surface area (Å²) in [5, 5.41) is 0. The van der Waals surface area contributed by atoms with Gasteiger partial charge in [0.2, 0.25) is 0 Å². The summed E-state index contributed by atoms with van der Waals surface area (Å²) in [6.07, 6.45) is 5.08. The van der Waals surface area contributed by atoms with Gasteiger partial charge in [0, 0.05) is 11.8 Å². The third-order valence-corrected chi connectivity index (χ3v) is 5.00. The summed E-state index contributed by atoms with van der Waals surface area (Å²) in [6.45, 7) is 10.8. The average molecular weight is 206 g/mol. The number of fused-ring (bicyclic) bond motifs is 2. The van der Waals surface area contributed by atoms with Gasteiger partial charge in [0.25, 0.3) is 0 Å². The van der Waals surface area contributed by atoms with Gasteiger partial charge in [-0.05, 0) is 37.0 Å². The van der Waals surface area contributed by atoms with Gasteiger partial charge < -0.3 is 0 Å². The summed E-state index contributed by atoms with van der Waals surface area (Å²) in [4.78, 5) is 12.1. The minimum absolute atomic E-state index is 0.00792. The van der Waals surface area contributed by atoms with Crippen LogP contribution in [-0.4, -0.2) is 5.78 Å². The highest BCUT2D eigenvalue weighted by Crippen LogP contribution is 2.60. The quantitative estimate of drug-likeness (QED) is 0.629. The maximum Gasteiger partial charge on any atom is 0.139 e. The molecule has 0 amide bonds. The van der Waals surface area contributed by atoms with Crippen LogP contribution in [0.1, 0.15) is 52.9 Å². The molecule has 0 aromatic heterocycles. The van der Waals surface area contributed by atoms with Crippen molar-refractivity contribution in [3.63, 3.8) is 0 Å². The van der Waals surface area contributed by atoms with Crippen LogP contribution in [0.2, 0.25) is 0 Å². The largest absolute Gasteiger partial charge is 0.299 e. The van der Waals surface area contributed by atoms with Gasteiger partial charge in [-0.25, -0.2) is 0 Å². The number of carbonyl (C=O) groups excluding carboxylic acids is 1. The van der Waals surface area contributed by atoms with Crippen molar-refractivity contribution in [3.05, 3.63) is 12.2 Å². The van der Waals surface area contributed by atoms with E-state index in [1.165, 1.54) is 12.0 Å². The van der Waals surface area contributed by atoms with Crippen LogP contribution < -0.4 is 0 Å². The zero-order valence-corrected chi connectivity index (χ0v) is 10.2. The first kappa shape index (κ1) is 10.9.